The molecular weight excluding hydrogens is 673 g/mol. The summed E-state index contributed by atoms with van der Waals surface area (Å²) in [6.07, 6.45) is 5.43. The lowest BCUT2D eigenvalue weighted by Crippen LogP contribution is -2.37. The number of hydrogen-bond donors (Lipinski definition) is 1. The van der Waals surface area contributed by atoms with Gasteiger partial charge in [-0.1, -0.05) is 59.6 Å². The van der Waals surface area contributed by atoms with E-state index < -0.39 is 18.1 Å². The molecule has 9 nitrogen and oxygen atoms in total. The third-order valence-electron chi connectivity index (χ3n) is 9.18. The number of nitrogens with one attached hydrogen (secondary N) is 1. The smallest absolute Gasteiger partial charge is 0.348 e. The first-order chi connectivity index (χ1) is 23.2. The lowest BCUT2D eigenvalue weighted by atomic mass is 9.97. The molecule has 0 spiro atoms. The highest BCUT2D eigenvalue weighted by atomic mass is 35.5. The second-order valence-corrected chi connectivity index (χ2v) is 13.9. The molecule has 2 fully saturated rings. The predicted octanol–water partition coefficient (Wildman–Crippen LogP) is 7.22. The zero-order valence-electron chi connectivity index (χ0n) is 26.9. The summed E-state index contributed by atoms with van der Waals surface area (Å²) in [5, 5.41) is 4.11. The zero-order chi connectivity index (χ0) is 33.8. The monoisotopic (exact) mass is 709 g/mol. The van der Waals surface area contributed by atoms with E-state index in [1.54, 1.807) is 32.4 Å². The van der Waals surface area contributed by atoms with E-state index in [1.165, 1.54) is 23.7 Å². The van der Waals surface area contributed by atoms with Gasteiger partial charge in [0.2, 0.25) is 0 Å². The molecule has 1 N–H and O–H groups in total. The average molecular weight is 711 g/mol. The molecule has 2 aromatic carbocycles. The van der Waals surface area contributed by atoms with E-state index in [0.29, 0.717) is 50.1 Å². The maximum Gasteiger partial charge on any atom is 0.348 e. The van der Waals surface area contributed by atoms with E-state index in [2.05, 4.69) is 22.2 Å². The van der Waals surface area contributed by atoms with Crippen LogP contribution in [0.3, 0.4) is 0 Å². The molecule has 48 heavy (non-hydrogen) atoms. The van der Waals surface area contributed by atoms with Crippen molar-refractivity contribution < 1.29 is 28.5 Å². The number of esters is 2. The van der Waals surface area contributed by atoms with Crippen LogP contribution in [0.4, 0.5) is 0 Å². The molecule has 2 aliphatic rings. The fourth-order valence-corrected chi connectivity index (χ4v) is 7.96. The molecule has 12 heteroatoms. The Balaban J connectivity index is 1.17. The van der Waals surface area contributed by atoms with Crippen LogP contribution < -0.4 is 14.8 Å². The molecule has 4 heterocycles. The Morgan fingerprint density at radius 3 is 2.40 bits per heavy atom. The van der Waals surface area contributed by atoms with Crippen LogP contribution in [0.2, 0.25) is 10.0 Å². The Morgan fingerprint density at radius 1 is 0.979 bits per heavy atom. The highest BCUT2D eigenvalue weighted by Crippen LogP contribution is 2.39. The highest BCUT2D eigenvalue weighted by molar-refractivity contribution is 7.13. The fraction of sp³-hybridized carbons (Fsp3) is 0.361. The van der Waals surface area contributed by atoms with E-state index in [9.17, 15) is 9.59 Å². The van der Waals surface area contributed by atoms with E-state index in [-0.39, 0.29) is 24.5 Å². The van der Waals surface area contributed by atoms with Gasteiger partial charge in [0.1, 0.15) is 23.1 Å². The Bertz CT molecular complexity index is 1730. The van der Waals surface area contributed by atoms with Crippen LogP contribution in [0.1, 0.15) is 62.6 Å². The second-order valence-electron chi connectivity index (χ2n) is 12.0. The third kappa shape index (κ3) is 7.48. The zero-order valence-corrected chi connectivity index (χ0v) is 29.2. The minimum atomic E-state index is -0.750. The van der Waals surface area contributed by atoms with Gasteiger partial charge in [-0.25, -0.2) is 9.59 Å². The summed E-state index contributed by atoms with van der Waals surface area (Å²) in [6, 6.07) is 18.6. The number of thiophene rings is 1. The van der Waals surface area contributed by atoms with Crippen molar-refractivity contribution in [2.45, 2.75) is 62.6 Å². The van der Waals surface area contributed by atoms with Gasteiger partial charge in [0.15, 0.2) is 11.5 Å². The van der Waals surface area contributed by atoms with Crippen molar-refractivity contribution in [2.75, 3.05) is 21.3 Å². The number of carbonyl (C=O) groups is 2. The number of benzene rings is 2. The van der Waals surface area contributed by atoms with E-state index in [0.717, 1.165) is 29.7 Å². The molecule has 4 aromatic rings. The van der Waals surface area contributed by atoms with Gasteiger partial charge in [0.25, 0.3) is 0 Å². The van der Waals surface area contributed by atoms with Crippen molar-refractivity contribution in [1.82, 2.24) is 15.2 Å². The molecule has 4 unspecified atom stereocenters. The number of fused-ring (bicyclic) bond motifs is 2. The highest BCUT2D eigenvalue weighted by Gasteiger charge is 2.46. The molecule has 2 aromatic heterocycles. The van der Waals surface area contributed by atoms with Gasteiger partial charge in [0, 0.05) is 48.7 Å². The van der Waals surface area contributed by atoms with Gasteiger partial charge >= 0.3 is 11.9 Å². The van der Waals surface area contributed by atoms with Gasteiger partial charge in [-0.15, -0.1) is 11.3 Å². The van der Waals surface area contributed by atoms with Gasteiger partial charge in [-0.05, 0) is 60.8 Å². The normalized spacial score (nSPS) is 19.9. The van der Waals surface area contributed by atoms with Crippen LogP contribution >= 0.6 is 34.5 Å². The minimum absolute atomic E-state index is 0.104. The van der Waals surface area contributed by atoms with Crippen molar-refractivity contribution in [3.63, 3.8) is 0 Å². The number of pyridine rings is 1. The van der Waals surface area contributed by atoms with Crippen LogP contribution in [0.15, 0.2) is 73.1 Å². The predicted molar refractivity (Wildman–Crippen MR) is 185 cm³/mol. The van der Waals surface area contributed by atoms with E-state index >= 15 is 0 Å². The summed E-state index contributed by atoms with van der Waals surface area (Å²) < 4.78 is 23.1. The number of ether oxygens (including phenoxy) is 4. The lowest BCUT2D eigenvalue weighted by molar-refractivity contribution is -0.153. The lowest BCUT2D eigenvalue weighted by Gasteiger charge is -2.25. The van der Waals surface area contributed by atoms with Crippen molar-refractivity contribution in [3.05, 3.63) is 110 Å². The first kappa shape index (κ1) is 34.2. The van der Waals surface area contributed by atoms with Gasteiger partial charge in [-0.3, -0.25) is 15.2 Å². The van der Waals surface area contributed by atoms with Crippen LogP contribution in [0.25, 0.3) is 0 Å². The Morgan fingerprint density at radius 2 is 1.73 bits per heavy atom. The van der Waals surface area contributed by atoms with Crippen LogP contribution in [0.5, 0.6) is 11.5 Å². The standard InChI is InChI=1S/C36H37Cl2N3O6S/c1-41-23-10-12-28(41)31(16-23)47-36(43)34(21-7-5-4-6-8-21)40-18-24-11-14-33(48-24)35(42)46-30(17-25-26(37)19-39-20-27(25)38)22-9-13-29(44-2)32(15-22)45-3/h4-9,11,13-15,19-20,23,28,30-31,34,40H,10,12,16-18H2,1-3H3/t23?,28?,30-,31?,34?/m0/s1. The van der Waals surface area contributed by atoms with Crippen molar-refractivity contribution in [3.8, 4) is 11.5 Å². The van der Waals surface area contributed by atoms with Gasteiger partial charge in [0.05, 0.1) is 24.3 Å². The Kier molecular flexibility index (Phi) is 10.9. The number of carbonyl (C=O) groups excluding carboxylic acids is 2. The molecule has 252 valence electrons. The number of methoxy groups -OCH3 is 2. The van der Waals surface area contributed by atoms with Crippen LogP contribution in [0, 0.1) is 0 Å². The van der Waals surface area contributed by atoms with E-state index in [4.69, 9.17) is 42.1 Å². The van der Waals surface area contributed by atoms with Crippen LogP contribution in [-0.2, 0) is 27.2 Å². The summed E-state index contributed by atoms with van der Waals surface area (Å²) >= 11 is 14.2. The first-order valence-electron chi connectivity index (χ1n) is 15.8. The number of rotatable bonds is 13. The number of aromatic nitrogens is 1. The fourth-order valence-electron chi connectivity index (χ4n) is 6.60. The van der Waals surface area contributed by atoms with Crippen molar-refractivity contribution >= 4 is 46.5 Å². The molecule has 0 saturated carbocycles. The molecular formula is C36H37Cl2N3O6S. The second kappa shape index (κ2) is 15.3. The van der Waals surface area contributed by atoms with Crippen molar-refractivity contribution in [2.24, 2.45) is 0 Å². The van der Waals surface area contributed by atoms with Gasteiger partial charge in [-0.2, -0.15) is 0 Å². The summed E-state index contributed by atoms with van der Waals surface area (Å²) in [5.41, 5.74) is 2.10. The first-order valence-corrected chi connectivity index (χ1v) is 17.3. The number of halogens is 2. The van der Waals surface area contributed by atoms with Crippen LogP contribution in [-0.4, -0.2) is 61.3 Å². The SMILES string of the molecule is COc1ccc([C@H](Cc2c(Cl)cncc2Cl)OC(=O)c2ccc(CNC(C(=O)OC3CC4CCC3N4C)c3ccccc3)s2)cc1OC. The molecule has 2 bridgehead atoms. The topological polar surface area (TPSA) is 99.2 Å². The molecule has 5 atom stereocenters. The summed E-state index contributed by atoms with van der Waals surface area (Å²) in [7, 11) is 5.21. The Hall–Kier alpha value is -3.67. The van der Waals surface area contributed by atoms with Gasteiger partial charge < -0.3 is 18.9 Å². The average Bonchev–Trinajstić information content (AvgIpc) is 3.80. The molecule has 0 amide bonds. The maximum atomic E-state index is 13.6. The number of likely N-dealkylation sites (N-methyl/N-ethyl adjacent to an activating group) is 1. The summed E-state index contributed by atoms with van der Waals surface area (Å²) in [4.78, 5) is 34.8. The molecule has 2 saturated heterocycles. The minimum Gasteiger partial charge on any atom is -0.493 e. The largest absolute Gasteiger partial charge is 0.493 e. The molecule has 2 aliphatic heterocycles. The number of nitrogens with zero attached hydrogens (tertiary/aromatic N) is 2. The summed E-state index contributed by atoms with van der Waals surface area (Å²) in [5.74, 6) is 0.231. The van der Waals surface area contributed by atoms with Crippen molar-refractivity contribution in [1.29, 1.82) is 0 Å². The molecule has 0 radical (unpaired) electrons. The molecule has 6 rings (SSSR count). The summed E-state index contributed by atoms with van der Waals surface area (Å²) in [6.45, 7) is 0.352. The number of hydrogen-bond acceptors (Lipinski definition) is 10. The quantitative estimate of drug-likeness (QED) is 0.144. The maximum absolute atomic E-state index is 13.6. The van der Waals surface area contributed by atoms with E-state index in [1.807, 2.05) is 42.5 Å². The Labute approximate surface area is 294 Å². The third-order valence-corrected chi connectivity index (χ3v) is 10.9. The molecule has 0 aliphatic carbocycles.